The van der Waals surface area contributed by atoms with Crippen LogP contribution < -0.4 is 5.73 Å². The summed E-state index contributed by atoms with van der Waals surface area (Å²) in [5.74, 6) is 0. The molecule has 0 aliphatic rings. The fourth-order valence-electron chi connectivity index (χ4n) is 2.72. The van der Waals surface area contributed by atoms with Gasteiger partial charge in [0.2, 0.25) is 0 Å². The van der Waals surface area contributed by atoms with Gasteiger partial charge in [-0.15, -0.1) is 0 Å². The summed E-state index contributed by atoms with van der Waals surface area (Å²) in [7, 11) is 1.99. The SMILES string of the molecule is CCOC(CC)(CC)C(N)Cc1cc(CC)nn1C. The van der Waals surface area contributed by atoms with Gasteiger partial charge in [0.25, 0.3) is 0 Å². The molecule has 0 saturated carbocycles. The van der Waals surface area contributed by atoms with Gasteiger partial charge in [-0.25, -0.2) is 0 Å². The van der Waals surface area contributed by atoms with Crippen LogP contribution in [-0.4, -0.2) is 28.0 Å². The Kier molecular flexibility index (Phi) is 6.01. The highest BCUT2D eigenvalue weighted by Crippen LogP contribution is 2.26. The molecular weight excluding hydrogens is 238 g/mol. The average molecular weight is 267 g/mol. The summed E-state index contributed by atoms with van der Waals surface area (Å²) in [6, 6.07) is 2.16. The molecule has 1 aromatic heterocycles. The van der Waals surface area contributed by atoms with Crippen molar-refractivity contribution in [1.29, 1.82) is 0 Å². The van der Waals surface area contributed by atoms with Crippen LogP contribution in [0.4, 0.5) is 0 Å². The predicted molar refractivity (Wildman–Crippen MR) is 79.2 cm³/mol. The van der Waals surface area contributed by atoms with Gasteiger partial charge >= 0.3 is 0 Å². The molecule has 0 bridgehead atoms. The second kappa shape index (κ2) is 7.06. The van der Waals surface area contributed by atoms with E-state index < -0.39 is 0 Å². The Balaban J connectivity index is 2.86. The Bertz CT molecular complexity index is 383. The van der Waals surface area contributed by atoms with E-state index in [2.05, 4.69) is 31.9 Å². The van der Waals surface area contributed by atoms with Gasteiger partial charge in [0.05, 0.1) is 11.3 Å². The van der Waals surface area contributed by atoms with E-state index in [9.17, 15) is 0 Å². The zero-order chi connectivity index (χ0) is 14.5. The minimum Gasteiger partial charge on any atom is -0.374 e. The number of hydrogen-bond donors (Lipinski definition) is 1. The van der Waals surface area contributed by atoms with E-state index in [-0.39, 0.29) is 11.6 Å². The molecule has 0 aliphatic carbocycles. The fourth-order valence-corrected chi connectivity index (χ4v) is 2.72. The van der Waals surface area contributed by atoms with Crippen LogP contribution in [0.15, 0.2) is 6.07 Å². The Hall–Kier alpha value is -0.870. The molecule has 1 aromatic rings. The van der Waals surface area contributed by atoms with Gasteiger partial charge in [-0.1, -0.05) is 20.8 Å². The third-order valence-corrected chi connectivity index (χ3v) is 4.12. The van der Waals surface area contributed by atoms with Crippen molar-refractivity contribution in [2.24, 2.45) is 12.8 Å². The highest BCUT2D eigenvalue weighted by atomic mass is 16.5. The normalized spacial score (nSPS) is 13.8. The molecular formula is C15H29N3O. The van der Waals surface area contributed by atoms with E-state index in [4.69, 9.17) is 10.5 Å². The van der Waals surface area contributed by atoms with E-state index in [0.717, 1.165) is 31.4 Å². The lowest BCUT2D eigenvalue weighted by molar-refractivity contribution is -0.0636. The number of ether oxygens (including phenoxy) is 1. The van der Waals surface area contributed by atoms with Gasteiger partial charge in [0, 0.05) is 31.8 Å². The van der Waals surface area contributed by atoms with Crippen molar-refractivity contribution in [3.05, 3.63) is 17.5 Å². The van der Waals surface area contributed by atoms with Crippen LogP contribution in [0.3, 0.4) is 0 Å². The van der Waals surface area contributed by atoms with Crippen LogP contribution in [0.2, 0.25) is 0 Å². The number of aromatic nitrogens is 2. The topological polar surface area (TPSA) is 53.1 Å². The van der Waals surface area contributed by atoms with E-state index in [0.29, 0.717) is 6.61 Å². The van der Waals surface area contributed by atoms with Gasteiger partial charge in [-0.3, -0.25) is 4.68 Å². The van der Waals surface area contributed by atoms with Crippen molar-refractivity contribution in [3.63, 3.8) is 0 Å². The van der Waals surface area contributed by atoms with Crippen LogP contribution in [0.25, 0.3) is 0 Å². The van der Waals surface area contributed by atoms with Crippen molar-refractivity contribution >= 4 is 0 Å². The molecule has 19 heavy (non-hydrogen) atoms. The van der Waals surface area contributed by atoms with E-state index in [1.165, 1.54) is 5.69 Å². The van der Waals surface area contributed by atoms with Crippen molar-refractivity contribution in [2.75, 3.05) is 6.61 Å². The highest BCUT2D eigenvalue weighted by Gasteiger charge is 2.34. The molecule has 0 aliphatic heterocycles. The van der Waals surface area contributed by atoms with Gasteiger partial charge in [-0.05, 0) is 32.3 Å². The minimum atomic E-state index is -0.217. The Labute approximate surface area is 117 Å². The lowest BCUT2D eigenvalue weighted by Crippen LogP contribution is -2.50. The van der Waals surface area contributed by atoms with Crippen LogP contribution in [0.1, 0.15) is 51.9 Å². The summed E-state index contributed by atoms with van der Waals surface area (Å²) in [4.78, 5) is 0. The molecule has 0 saturated heterocycles. The summed E-state index contributed by atoms with van der Waals surface area (Å²) in [6.07, 6.45) is 3.65. The molecule has 4 nitrogen and oxygen atoms in total. The molecule has 1 heterocycles. The monoisotopic (exact) mass is 267 g/mol. The van der Waals surface area contributed by atoms with Crippen molar-refractivity contribution in [1.82, 2.24) is 9.78 Å². The number of nitrogens with two attached hydrogens (primary N) is 1. The largest absolute Gasteiger partial charge is 0.374 e. The standard InChI is InChI=1S/C15H29N3O/c1-6-12-10-13(18(5)17-12)11-14(16)15(7-2,8-3)19-9-4/h10,14H,6-9,11,16H2,1-5H3. The number of hydrogen-bond acceptors (Lipinski definition) is 3. The quantitative estimate of drug-likeness (QED) is 0.787. The summed E-state index contributed by atoms with van der Waals surface area (Å²) in [5, 5.41) is 4.48. The highest BCUT2D eigenvalue weighted by molar-refractivity contribution is 5.13. The number of rotatable bonds is 8. The fraction of sp³-hybridized carbons (Fsp3) is 0.800. The molecule has 1 rings (SSSR count). The molecule has 1 unspecified atom stereocenters. The Morgan fingerprint density at radius 2 is 1.95 bits per heavy atom. The van der Waals surface area contributed by atoms with E-state index in [1.54, 1.807) is 0 Å². The maximum absolute atomic E-state index is 6.45. The van der Waals surface area contributed by atoms with Crippen molar-refractivity contribution in [3.8, 4) is 0 Å². The van der Waals surface area contributed by atoms with Crippen LogP contribution in [-0.2, 0) is 24.6 Å². The molecule has 0 amide bonds. The van der Waals surface area contributed by atoms with Crippen LogP contribution in [0, 0.1) is 0 Å². The first-order valence-corrected chi connectivity index (χ1v) is 7.44. The van der Waals surface area contributed by atoms with Crippen molar-refractivity contribution in [2.45, 2.75) is 65.0 Å². The van der Waals surface area contributed by atoms with E-state index in [1.807, 2.05) is 18.7 Å². The zero-order valence-electron chi connectivity index (χ0n) is 13.1. The third kappa shape index (κ3) is 3.57. The first-order chi connectivity index (χ1) is 9.02. The first kappa shape index (κ1) is 16.2. The molecule has 0 aromatic carbocycles. The maximum atomic E-state index is 6.45. The number of aryl methyl sites for hydroxylation is 2. The molecule has 1 atom stereocenters. The summed E-state index contributed by atoms with van der Waals surface area (Å²) >= 11 is 0. The lowest BCUT2D eigenvalue weighted by Gasteiger charge is -2.37. The number of nitrogens with zero attached hydrogens (tertiary/aromatic N) is 2. The Morgan fingerprint density at radius 3 is 2.37 bits per heavy atom. The second-order valence-electron chi connectivity index (χ2n) is 5.12. The minimum absolute atomic E-state index is 0.00237. The zero-order valence-corrected chi connectivity index (χ0v) is 13.1. The molecule has 4 heteroatoms. The van der Waals surface area contributed by atoms with E-state index >= 15 is 0 Å². The van der Waals surface area contributed by atoms with Crippen LogP contribution >= 0.6 is 0 Å². The van der Waals surface area contributed by atoms with Gasteiger partial charge < -0.3 is 10.5 Å². The average Bonchev–Trinajstić information content (AvgIpc) is 2.76. The Morgan fingerprint density at radius 1 is 1.32 bits per heavy atom. The molecule has 0 radical (unpaired) electrons. The first-order valence-electron chi connectivity index (χ1n) is 7.44. The molecule has 0 spiro atoms. The summed E-state index contributed by atoms with van der Waals surface area (Å²) < 4.78 is 7.93. The van der Waals surface area contributed by atoms with Gasteiger partial charge in [0.1, 0.15) is 0 Å². The van der Waals surface area contributed by atoms with Gasteiger partial charge in [-0.2, -0.15) is 5.10 Å². The molecule has 2 N–H and O–H groups in total. The van der Waals surface area contributed by atoms with Crippen LogP contribution in [0.5, 0.6) is 0 Å². The molecule has 110 valence electrons. The predicted octanol–water partition coefficient (Wildman–Crippen LogP) is 2.45. The summed E-state index contributed by atoms with van der Waals surface area (Å²) in [5.41, 5.74) is 8.54. The second-order valence-corrected chi connectivity index (χ2v) is 5.12. The summed E-state index contributed by atoms with van der Waals surface area (Å²) in [6.45, 7) is 9.17. The lowest BCUT2D eigenvalue weighted by atomic mass is 9.86. The van der Waals surface area contributed by atoms with Gasteiger partial charge in [0.15, 0.2) is 0 Å². The third-order valence-electron chi connectivity index (χ3n) is 4.12. The maximum Gasteiger partial charge on any atom is 0.0831 e. The smallest absolute Gasteiger partial charge is 0.0831 e. The molecule has 0 fully saturated rings. The van der Waals surface area contributed by atoms with Crippen molar-refractivity contribution < 1.29 is 4.74 Å².